The number of carbonyl (C=O) groups excluding carboxylic acids is 1. The predicted molar refractivity (Wildman–Crippen MR) is 64.4 cm³/mol. The molecule has 0 saturated carbocycles. The summed E-state index contributed by atoms with van der Waals surface area (Å²) >= 11 is 0. The second-order valence-corrected chi connectivity index (χ2v) is 3.86. The summed E-state index contributed by atoms with van der Waals surface area (Å²) in [6.45, 7) is 2.56. The van der Waals surface area contributed by atoms with Crippen molar-refractivity contribution in [3.05, 3.63) is 18.0 Å². The Morgan fingerprint density at radius 3 is 2.94 bits per heavy atom. The molecule has 1 rings (SSSR count). The Labute approximate surface area is 106 Å². The highest BCUT2D eigenvalue weighted by Crippen LogP contribution is 2.26. The molecule has 0 spiro atoms. The normalized spacial score (nSPS) is 10.2. The summed E-state index contributed by atoms with van der Waals surface area (Å²) in [4.78, 5) is 11.4. The average Bonchev–Trinajstić information content (AvgIpc) is 2.34. The van der Waals surface area contributed by atoms with Gasteiger partial charge in [-0.15, -0.1) is 0 Å². The molecule has 1 amide bonds. The van der Waals surface area contributed by atoms with Gasteiger partial charge in [0.2, 0.25) is 11.4 Å². The summed E-state index contributed by atoms with van der Waals surface area (Å²) in [5.74, 6) is 0.0922. The molecule has 0 aliphatic rings. The highest BCUT2D eigenvalue weighted by atomic mass is 16.5. The second kappa shape index (κ2) is 6.80. The summed E-state index contributed by atoms with van der Waals surface area (Å²) in [6, 6.07) is 1.52. The molecule has 2 N–H and O–H groups in total. The van der Waals surface area contributed by atoms with Crippen LogP contribution in [0.3, 0.4) is 0 Å². The number of carbonyl (C=O) groups is 1. The SMILES string of the molecule is COCCNC(=O)COc1c(O)cc[n+](C)c1C. The zero-order valence-corrected chi connectivity index (χ0v) is 10.9. The van der Waals surface area contributed by atoms with Crippen LogP contribution in [0.15, 0.2) is 12.3 Å². The van der Waals surface area contributed by atoms with Gasteiger partial charge >= 0.3 is 0 Å². The van der Waals surface area contributed by atoms with Crippen LogP contribution in [0.5, 0.6) is 11.5 Å². The molecule has 0 aliphatic carbocycles. The number of nitrogens with one attached hydrogen (secondary N) is 1. The van der Waals surface area contributed by atoms with Gasteiger partial charge in [0.05, 0.1) is 6.61 Å². The van der Waals surface area contributed by atoms with Crippen molar-refractivity contribution in [2.45, 2.75) is 6.92 Å². The molecule has 1 aromatic heterocycles. The summed E-state index contributed by atoms with van der Waals surface area (Å²) in [6.07, 6.45) is 1.72. The van der Waals surface area contributed by atoms with Crippen LogP contribution in [0.1, 0.15) is 5.69 Å². The van der Waals surface area contributed by atoms with E-state index >= 15 is 0 Å². The minimum atomic E-state index is -0.252. The van der Waals surface area contributed by atoms with E-state index in [4.69, 9.17) is 9.47 Å². The predicted octanol–water partition coefficient (Wildman–Crippen LogP) is -0.333. The molecule has 0 atom stereocenters. The van der Waals surface area contributed by atoms with Gasteiger partial charge in [0, 0.05) is 26.6 Å². The van der Waals surface area contributed by atoms with E-state index in [2.05, 4.69) is 5.32 Å². The topological polar surface area (TPSA) is 71.7 Å². The molecule has 0 fully saturated rings. The number of aryl methyl sites for hydroxylation is 1. The smallest absolute Gasteiger partial charge is 0.258 e. The lowest BCUT2D eigenvalue weighted by Gasteiger charge is -2.09. The number of ether oxygens (including phenoxy) is 2. The first kappa shape index (κ1) is 14.2. The molecular weight excluding hydrogens is 236 g/mol. The molecule has 0 saturated heterocycles. The van der Waals surface area contributed by atoms with E-state index in [1.54, 1.807) is 24.8 Å². The van der Waals surface area contributed by atoms with Crippen molar-refractivity contribution in [3.8, 4) is 11.5 Å². The number of methoxy groups -OCH3 is 1. The van der Waals surface area contributed by atoms with Crippen molar-refractivity contribution in [2.75, 3.05) is 26.9 Å². The van der Waals surface area contributed by atoms with Gasteiger partial charge in [0.25, 0.3) is 5.91 Å². The van der Waals surface area contributed by atoms with Gasteiger partial charge < -0.3 is 19.9 Å². The van der Waals surface area contributed by atoms with Gasteiger partial charge in [-0.05, 0) is 0 Å². The lowest BCUT2D eigenvalue weighted by atomic mass is 10.3. The first-order valence-electron chi connectivity index (χ1n) is 5.63. The molecule has 6 nitrogen and oxygen atoms in total. The first-order chi connectivity index (χ1) is 8.56. The third kappa shape index (κ3) is 3.89. The number of rotatable bonds is 6. The van der Waals surface area contributed by atoms with Crippen molar-refractivity contribution in [2.24, 2.45) is 7.05 Å². The molecule has 1 heterocycles. The first-order valence-corrected chi connectivity index (χ1v) is 5.63. The van der Waals surface area contributed by atoms with E-state index in [-0.39, 0.29) is 18.3 Å². The number of pyridine rings is 1. The van der Waals surface area contributed by atoms with Crippen LogP contribution in [0.25, 0.3) is 0 Å². The zero-order valence-electron chi connectivity index (χ0n) is 10.9. The molecule has 0 aromatic carbocycles. The van der Waals surface area contributed by atoms with Crippen molar-refractivity contribution in [1.82, 2.24) is 5.32 Å². The number of hydrogen-bond donors (Lipinski definition) is 2. The molecule has 0 unspecified atom stereocenters. The molecule has 0 bridgehead atoms. The summed E-state index contributed by atoms with van der Waals surface area (Å²) in [5, 5.41) is 12.3. The van der Waals surface area contributed by atoms with Crippen molar-refractivity contribution < 1.29 is 23.9 Å². The van der Waals surface area contributed by atoms with Crippen LogP contribution < -0.4 is 14.6 Å². The minimum absolute atomic E-state index is 0.0234. The lowest BCUT2D eigenvalue weighted by molar-refractivity contribution is -0.678. The lowest BCUT2D eigenvalue weighted by Crippen LogP contribution is -2.34. The molecule has 18 heavy (non-hydrogen) atoms. The van der Waals surface area contributed by atoms with E-state index in [0.717, 1.165) is 5.69 Å². The van der Waals surface area contributed by atoms with Crippen molar-refractivity contribution in [3.63, 3.8) is 0 Å². The van der Waals surface area contributed by atoms with Gasteiger partial charge in [0.15, 0.2) is 18.6 Å². The largest absolute Gasteiger partial charge is 0.504 e. The third-order valence-electron chi connectivity index (χ3n) is 2.52. The molecule has 0 radical (unpaired) electrons. The van der Waals surface area contributed by atoms with Gasteiger partial charge in [0.1, 0.15) is 7.05 Å². The Kier molecular flexibility index (Phi) is 5.38. The van der Waals surface area contributed by atoms with E-state index in [1.165, 1.54) is 6.07 Å². The Hall–Kier alpha value is -1.82. The molecule has 0 aliphatic heterocycles. The van der Waals surface area contributed by atoms with Gasteiger partial charge in [-0.3, -0.25) is 4.79 Å². The van der Waals surface area contributed by atoms with Gasteiger partial charge in [-0.2, -0.15) is 0 Å². The fraction of sp³-hybridized carbons (Fsp3) is 0.500. The average molecular weight is 255 g/mol. The molecular formula is C12H19N2O4+. The number of nitrogens with zero attached hydrogens (tertiary/aromatic N) is 1. The maximum Gasteiger partial charge on any atom is 0.258 e. The Balaban J connectivity index is 2.53. The summed E-state index contributed by atoms with van der Waals surface area (Å²) in [7, 11) is 3.40. The number of aromatic hydroxyl groups is 1. The van der Waals surface area contributed by atoms with Gasteiger partial charge in [-0.1, -0.05) is 0 Å². The van der Waals surface area contributed by atoms with Crippen LogP contribution in [0.2, 0.25) is 0 Å². The summed E-state index contributed by atoms with van der Waals surface area (Å²) < 4.78 is 11.9. The zero-order chi connectivity index (χ0) is 13.5. The fourth-order valence-corrected chi connectivity index (χ4v) is 1.38. The van der Waals surface area contributed by atoms with Crippen LogP contribution in [0.4, 0.5) is 0 Å². The van der Waals surface area contributed by atoms with E-state index in [9.17, 15) is 9.90 Å². The Bertz CT molecular complexity index is 421. The standard InChI is InChI=1S/C12H18N2O4/c1-9-12(10(15)4-6-14(9)2)18-8-11(16)13-5-7-17-3/h4,6H,5,7-8H2,1-3H3,(H,13,16)/p+1. The van der Waals surface area contributed by atoms with Crippen molar-refractivity contribution >= 4 is 5.91 Å². The van der Waals surface area contributed by atoms with Crippen molar-refractivity contribution in [1.29, 1.82) is 0 Å². The summed E-state index contributed by atoms with van der Waals surface area (Å²) in [5.41, 5.74) is 0.750. The van der Waals surface area contributed by atoms with E-state index in [0.29, 0.717) is 18.9 Å². The Morgan fingerprint density at radius 1 is 1.56 bits per heavy atom. The van der Waals surface area contributed by atoms with E-state index < -0.39 is 0 Å². The highest BCUT2D eigenvalue weighted by molar-refractivity contribution is 5.77. The Morgan fingerprint density at radius 2 is 2.28 bits per heavy atom. The van der Waals surface area contributed by atoms with Crippen LogP contribution in [-0.4, -0.2) is 37.9 Å². The van der Waals surface area contributed by atoms with Crippen LogP contribution >= 0.6 is 0 Å². The van der Waals surface area contributed by atoms with Crippen LogP contribution in [0, 0.1) is 6.92 Å². The number of amides is 1. The number of aromatic nitrogens is 1. The highest BCUT2D eigenvalue weighted by Gasteiger charge is 2.16. The van der Waals surface area contributed by atoms with E-state index in [1.807, 2.05) is 7.05 Å². The molecule has 6 heteroatoms. The maximum absolute atomic E-state index is 11.4. The fourth-order valence-electron chi connectivity index (χ4n) is 1.38. The van der Waals surface area contributed by atoms with Gasteiger partial charge in [-0.25, -0.2) is 4.57 Å². The van der Waals surface area contributed by atoms with Crippen LogP contribution in [-0.2, 0) is 16.6 Å². The minimum Gasteiger partial charge on any atom is -0.504 e. The maximum atomic E-state index is 11.4. The third-order valence-corrected chi connectivity index (χ3v) is 2.52. The molecule has 100 valence electrons. The number of hydrogen-bond acceptors (Lipinski definition) is 4. The quantitative estimate of drug-likeness (QED) is 0.539. The second-order valence-electron chi connectivity index (χ2n) is 3.86. The molecule has 1 aromatic rings. The monoisotopic (exact) mass is 255 g/mol.